The molecule has 0 radical (unpaired) electrons. The number of likely N-dealkylation sites (N-methyl/N-ethyl adjacent to an activating group) is 1. The maximum absolute atomic E-state index is 12.5. The van der Waals surface area contributed by atoms with E-state index in [1.807, 2.05) is 19.0 Å². The van der Waals surface area contributed by atoms with Gasteiger partial charge in [-0.15, -0.1) is 0 Å². The van der Waals surface area contributed by atoms with E-state index in [9.17, 15) is 9.59 Å². The standard InChI is InChI=1S/C21H24ClN3O4/c1-14-21(27)25(11-10-24(2)3)18-9-6-16(12-19(18)29-14)23-20(26)13-28-17-7-4-15(22)5-8-17/h4-9,12,14H,10-11,13H2,1-3H3,(H,23,26). The zero-order valence-electron chi connectivity index (χ0n) is 16.6. The smallest absolute Gasteiger partial charge is 0.267 e. The van der Waals surface area contributed by atoms with Gasteiger partial charge in [0, 0.05) is 29.9 Å². The Balaban J connectivity index is 1.66. The predicted molar refractivity (Wildman–Crippen MR) is 113 cm³/mol. The van der Waals surface area contributed by atoms with Crippen molar-refractivity contribution in [1.82, 2.24) is 4.90 Å². The van der Waals surface area contributed by atoms with Crippen LogP contribution in [0.2, 0.25) is 5.02 Å². The molecule has 1 heterocycles. The minimum atomic E-state index is -0.580. The average molecular weight is 418 g/mol. The van der Waals surface area contributed by atoms with Crippen LogP contribution in [0.25, 0.3) is 0 Å². The first-order chi connectivity index (χ1) is 13.8. The third kappa shape index (κ3) is 5.40. The average Bonchev–Trinajstić information content (AvgIpc) is 2.68. The van der Waals surface area contributed by atoms with Gasteiger partial charge in [0.05, 0.1) is 5.69 Å². The van der Waals surface area contributed by atoms with Gasteiger partial charge in [-0.3, -0.25) is 9.59 Å². The third-order valence-electron chi connectivity index (χ3n) is 4.41. The Labute approximate surface area is 175 Å². The molecule has 0 aromatic heterocycles. The van der Waals surface area contributed by atoms with Crippen LogP contribution in [0.15, 0.2) is 42.5 Å². The van der Waals surface area contributed by atoms with Crippen molar-refractivity contribution in [3.05, 3.63) is 47.5 Å². The van der Waals surface area contributed by atoms with Crippen molar-refractivity contribution in [3.63, 3.8) is 0 Å². The Morgan fingerprint density at radius 2 is 1.97 bits per heavy atom. The SMILES string of the molecule is CC1Oc2cc(NC(=O)COc3ccc(Cl)cc3)ccc2N(CCN(C)C)C1=O. The normalized spacial score (nSPS) is 15.7. The number of carbonyl (C=O) groups excluding carboxylic acids is 2. The number of carbonyl (C=O) groups is 2. The zero-order chi connectivity index (χ0) is 21.0. The number of nitrogens with one attached hydrogen (secondary N) is 1. The molecule has 154 valence electrons. The van der Waals surface area contributed by atoms with Crippen LogP contribution in [0, 0.1) is 0 Å². The molecule has 1 N–H and O–H groups in total. The Bertz CT molecular complexity index is 886. The molecule has 29 heavy (non-hydrogen) atoms. The largest absolute Gasteiger partial charge is 0.484 e. The number of hydrogen-bond donors (Lipinski definition) is 1. The van der Waals surface area contributed by atoms with Crippen LogP contribution >= 0.6 is 11.6 Å². The number of amides is 2. The molecule has 2 amide bonds. The van der Waals surface area contributed by atoms with Crippen LogP contribution in [-0.2, 0) is 9.59 Å². The molecule has 7 nitrogen and oxygen atoms in total. The lowest BCUT2D eigenvalue weighted by molar-refractivity contribution is -0.125. The van der Waals surface area contributed by atoms with Crippen LogP contribution in [0.3, 0.4) is 0 Å². The first-order valence-corrected chi connectivity index (χ1v) is 9.66. The van der Waals surface area contributed by atoms with Crippen molar-refractivity contribution >= 4 is 34.8 Å². The van der Waals surface area contributed by atoms with Crippen LogP contribution in [0.1, 0.15) is 6.92 Å². The maximum Gasteiger partial charge on any atom is 0.267 e. The zero-order valence-corrected chi connectivity index (χ0v) is 17.4. The molecular formula is C21H24ClN3O4. The van der Waals surface area contributed by atoms with Gasteiger partial charge < -0.3 is 24.6 Å². The summed E-state index contributed by atoms with van der Waals surface area (Å²) in [5.41, 5.74) is 1.27. The molecule has 0 fully saturated rings. The van der Waals surface area contributed by atoms with Gasteiger partial charge in [-0.2, -0.15) is 0 Å². The van der Waals surface area contributed by atoms with Crippen molar-refractivity contribution in [1.29, 1.82) is 0 Å². The highest BCUT2D eigenvalue weighted by molar-refractivity contribution is 6.30. The molecule has 2 aromatic rings. The van der Waals surface area contributed by atoms with Crippen LogP contribution < -0.4 is 19.7 Å². The maximum atomic E-state index is 12.5. The summed E-state index contributed by atoms with van der Waals surface area (Å²) in [7, 11) is 3.92. The number of ether oxygens (including phenoxy) is 2. The highest BCUT2D eigenvalue weighted by atomic mass is 35.5. The molecule has 0 bridgehead atoms. The fourth-order valence-corrected chi connectivity index (χ4v) is 3.02. The summed E-state index contributed by atoms with van der Waals surface area (Å²) >= 11 is 5.83. The van der Waals surface area contributed by atoms with Gasteiger partial charge in [0.15, 0.2) is 12.7 Å². The van der Waals surface area contributed by atoms with Crippen molar-refractivity contribution in [2.24, 2.45) is 0 Å². The number of fused-ring (bicyclic) bond motifs is 1. The van der Waals surface area contributed by atoms with Gasteiger partial charge in [0.1, 0.15) is 11.5 Å². The van der Waals surface area contributed by atoms with Crippen molar-refractivity contribution in [3.8, 4) is 11.5 Å². The Kier molecular flexibility index (Phi) is 6.61. The molecule has 8 heteroatoms. The highest BCUT2D eigenvalue weighted by Gasteiger charge is 2.31. The van der Waals surface area contributed by atoms with E-state index in [0.29, 0.717) is 34.4 Å². The van der Waals surface area contributed by atoms with E-state index < -0.39 is 6.10 Å². The summed E-state index contributed by atoms with van der Waals surface area (Å²) in [6.45, 7) is 2.88. The second-order valence-corrected chi connectivity index (χ2v) is 7.46. The first-order valence-electron chi connectivity index (χ1n) is 9.28. The van der Waals surface area contributed by atoms with E-state index in [1.165, 1.54) is 0 Å². The summed E-state index contributed by atoms with van der Waals surface area (Å²) in [6, 6.07) is 12.0. The number of anilines is 2. The number of rotatable bonds is 7. The van der Waals surface area contributed by atoms with Crippen molar-refractivity contribution < 1.29 is 19.1 Å². The third-order valence-corrected chi connectivity index (χ3v) is 4.66. The summed E-state index contributed by atoms with van der Waals surface area (Å²) in [6.07, 6.45) is -0.580. The summed E-state index contributed by atoms with van der Waals surface area (Å²) in [4.78, 5) is 28.4. The second-order valence-electron chi connectivity index (χ2n) is 7.03. The van der Waals surface area contributed by atoms with Crippen molar-refractivity contribution in [2.75, 3.05) is 44.0 Å². The Morgan fingerprint density at radius 3 is 2.66 bits per heavy atom. The topological polar surface area (TPSA) is 71.1 Å². The number of hydrogen-bond acceptors (Lipinski definition) is 5. The van der Waals surface area contributed by atoms with E-state index in [-0.39, 0.29) is 18.4 Å². The lowest BCUT2D eigenvalue weighted by atomic mass is 10.1. The summed E-state index contributed by atoms with van der Waals surface area (Å²) in [5.74, 6) is 0.742. The number of benzene rings is 2. The van der Waals surface area contributed by atoms with Crippen LogP contribution in [0.4, 0.5) is 11.4 Å². The Morgan fingerprint density at radius 1 is 1.24 bits per heavy atom. The summed E-state index contributed by atoms with van der Waals surface area (Å²) < 4.78 is 11.2. The van der Waals surface area contributed by atoms with Gasteiger partial charge in [0.25, 0.3) is 11.8 Å². The minimum absolute atomic E-state index is 0.0764. The minimum Gasteiger partial charge on any atom is -0.484 e. The molecule has 0 spiro atoms. The molecule has 3 rings (SSSR count). The molecule has 1 atom stereocenters. The van der Waals surface area contributed by atoms with Crippen molar-refractivity contribution in [2.45, 2.75) is 13.0 Å². The van der Waals surface area contributed by atoms with Gasteiger partial charge in [-0.1, -0.05) is 11.6 Å². The fourth-order valence-electron chi connectivity index (χ4n) is 2.90. The molecule has 0 saturated heterocycles. The van der Waals surface area contributed by atoms with E-state index >= 15 is 0 Å². The van der Waals surface area contributed by atoms with E-state index in [0.717, 1.165) is 6.54 Å². The molecule has 0 aliphatic carbocycles. The van der Waals surface area contributed by atoms with E-state index in [1.54, 1.807) is 54.3 Å². The first kappa shape index (κ1) is 21.0. The fraction of sp³-hybridized carbons (Fsp3) is 0.333. The van der Waals surface area contributed by atoms with Gasteiger partial charge >= 0.3 is 0 Å². The highest BCUT2D eigenvalue weighted by Crippen LogP contribution is 2.36. The number of nitrogens with zero attached hydrogens (tertiary/aromatic N) is 2. The predicted octanol–water partition coefficient (Wildman–Crippen LogP) is 3.03. The monoisotopic (exact) mass is 417 g/mol. The van der Waals surface area contributed by atoms with Crippen LogP contribution in [0.5, 0.6) is 11.5 Å². The van der Waals surface area contributed by atoms with E-state index in [2.05, 4.69) is 5.32 Å². The number of halogens is 1. The molecule has 1 unspecified atom stereocenters. The van der Waals surface area contributed by atoms with Gasteiger partial charge in [-0.25, -0.2) is 0 Å². The molecule has 2 aromatic carbocycles. The molecule has 1 aliphatic heterocycles. The molecular weight excluding hydrogens is 394 g/mol. The Hall–Kier alpha value is -2.77. The molecule has 1 aliphatic rings. The lowest BCUT2D eigenvalue weighted by Crippen LogP contribution is -2.46. The quantitative estimate of drug-likeness (QED) is 0.749. The second kappa shape index (κ2) is 9.15. The lowest BCUT2D eigenvalue weighted by Gasteiger charge is -2.34. The summed E-state index contributed by atoms with van der Waals surface area (Å²) in [5, 5.41) is 3.38. The van der Waals surface area contributed by atoms with Crippen LogP contribution in [-0.4, -0.2) is 56.6 Å². The van der Waals surface area contributed by atoms with Gasteiger partial charge in [0.2, 0.25) is 0 Å². The molecule has 0 saturated carbocycles. The van der Waals surface area contributed by atoms with E-state index in [4.69, 9.17) is 21.1 Å². The van der Waals surface area contributed by atoms with Gasteiger partial charge in [-0.05, 0) is 57.4 Å².